The van der Waals surface area contributed by atoms with Crippen LogP contribution in [0.4, 0.5) is 8.78 Å². The second-order valence-corrected chi connectivity index (χ2v) is 5.37. The molecule has 12 heavy (non-hydrogen) atoms. The Balaban J connectivity index is 2.45. The molecule has 0 saturated heterocycles. The standard InChI is InChI=1S/C9H16F2S/c1-6(2)12-9-7(10)4-3-5-8(9)11/h6-9H,3-5H2,1-2H3. The second-order valence-electron chi connectivity index (χ2n) is 3.61. The molecule has 3 heteroatoms. The van der Waals surface area contributed by atoms with Crippen molar-refractivity contribution in [3.63, 3.8) is 0 Å². The highest BCUT2D eigenvalue weighted by atomic mass is 32.2. The minimum Gasteiger partial charge on any atom is -0.246 e. The van der Waals surface area contributed by atoms with E-state index in [4.69, 9.17) is 0 Å². The number of hydrogen-bond donors (Lipinski definition) is 0. The highest BCUT2D eigenvalue weighted by Crippen LogP contribution is 2.34. The van der Waals surface area contributed by atoms with Crippen molar-refractivity contribution in [2.45, 2.75) is 56.0 Å². The van der Waals surface area contributed by atoms with E-state index in [1.165, 1.54) is 11.8 Å². The van der Waals surface area contributed by atoms with E-state index in [1.807, 2.05) is 13.8 Å². The van der Waals surface area contributed by atoms with Crippen molar-refractivity contribution >= 4 is 11.8 Å². The molecule has 0 amide bonds. The first kappa shape index (κ1) is 10.3. The fourth-order valence-corrected chi connectivity index (χ4v) is 2.79. The molecule has 2 atom stereocenters. The summed E-state index contributed by atoms with van der Waals surface area (Å²) in [5, 5.41) is -0.0802. The third kappa shape index (κ3) is 2.61. The third-order valence-corrected chi connectivity index (χ3v) is 3.55. The van der Waals surface area contributed by atoms with Crippen LogP contribution in [0, 0.1) is 0 Å². The lowest BCUT2D eigenvalue weighted by atomic mass is 9.97. The largest absolute Gasteiger partial charge is 0.246 e. The van der Waals surface area contributed by atoms with Crippen LogP contribution in [0.5, 0.6) is 0 Å². The smallest absolute Gasteiger partial charge is 0.115 e. The van der Waals surface area contributed by atoms with Gasteiger partial charge in [0.05, 0.1) is 5.25 Å². The van der Waals surface area contributed by atoms with Gasteiger partial charge in [-0.25, -0.2) is 8.78 Å². The molecule has 0 bridgehead atoms. The fraction of sp³-hybridized carbons (Fsp3) is 1.00. The maximum atomic E-state index is 13.2. The van der Waals surface area contributed by atoms with E-state index in [0.29, 0.717) is 24.5 Å². The third-order valence-electron chi connectivity index (χ3n) is 2.10. The molecule has 0 radical (unpaired) electrons. The Hall–Kier alpha value is 0.210. The number of hydrogen-bond acceptors (Lipinski definition) is 1. The zero-order chi connectivity index (χ0) is 9.14. The molecule has 1 aliphatic carbocycles. The van der Waals surface area contributed by atoms with Gasteiger partial charge >= 0.3 is 0 Å². The Bertz CT molecular complexity index is 128. The van der Waals surface area contributed by atoms with Gasteiger partial charge in [-0.1, -0.05) is 13.8 Å². The lowest BCUT2D eigenvalue weighted by molar-refractivity contribution is 0.168. The fourth-order valence-electron chi connectivity index (χ4n) is 1.55. The molecule has 0 heterocycles. The van der Waals surface area contributed by atoms with Crippen LogP contribution < -0.4 is 0 Å². The molecule has 0 aromatic heterocycles. The van der Waals surface area contributed by atoms with Crippen molar-refractivity contribution in [3.05, 3.63) is 0 Å². The molecule has 1 rings (SSSR count). The van der Waals surface area contributed by atoms with Gasteiger partial charge in [-0.3, -0.25) is 0 Å². The molecule has 0 N–H and O–H groups in total. The number of halogens is 2. The van der Waals surface area contributed by atoms with Crippen LogP contribution in [0.3, 0.4) is 0 Å². The van der Waals surface area contributed by atoms with E-state index in [2.05, 4.69) is 0 Å². The molecule has 1 saturated carbocycles. The van der Waals surface area contributed by atoms with Crippen LogP contribution in [-0.2, 0) is 0 Å². The van der Waals surface area contributed by atoms with Crippen molar-refractivity contribution in [2.24, 2.45) is 0 Å². The topological polar surface area (TPSA) is 0 Å². The first-order chi connectivity index (χ1) is 5.61. The van der Waals surface area contributed by atoms with Gasteiger partial charge in [0, 0.05) is 0 Å². The van der Waals surface area contributed by atoms with Crippen molar-refractivity contribution in [3.8, 4) is 0 Å². The van der Waals surface area contributed by atoms with Gasteiger partial charge < -0.3 is 0 Å². The summed E-state index contributed by atoms with van der Waals surface area (Å²) in [6.07, 6.45) is -0.0603. The van der Waals surface area contributed by atoms with E-state index in [1.54, 1.807) is 0 Å². The van der Waals surface area contributed by atoms with Gasteiger partial charge in [-0.2, -0.15) is 0 Å². The summed E-state index contributed by atoms with van der Waals surface area (Å²) in [5.41, 5.74) is 0. The summed E-state index contributed by atoms with van der Waals surface area (Å²) in [5.74, 6) is 0. The normalized spacial score (nSPS) is 37.2. The summed E-state index contributed by atoms with van der Waals surface area (Å²) in [4.78, 5) is 0. The molecule has 0 aromatic rings. The Kier molecular flexibility index (Phi) is 3.81. The summed E-state index contributed by atoms with van der Waals surface area (Å²) in [7, 11) is 0. The maximum absolute atomic E-state index is 13.2. The molecule has 0 nitrogen and oxygen atoms in total. The first-order valence-corrected chi connectivity index (χ1v) is 5.49. The van der Waals surface area contributed by atoms with Gasteiger partial charge in [0.2, 0.25) is 0 Å². The van der Waals surface area contributed by atoms with Crippen LogP contribution in [0.1, 0.15) is 33.1 Å². The zero-order valence-corrected chi connectivity index (χ0v) is 8.41. The quantitative estimate of drug-likeness (QED) is 0.649. The molecular formula is C9H16F2S. The predicted octanol–water partition coefficient (Wildman–Crippen LogP) is 3.36. The Morgan fingerprint density at radius 2 is 1.67 bits per heavy atom. The van der Waals surface area contributed by atoms with Gasteiger partial charge in [-0.05, 0) is 24.5 Å². The van der Waals surface area contributed by atoms with Gasteiger partial charge in [-0.15, -0.1) is 11.8 Å². The molecule has 1 aliphatic rings. The van der Waals surface area contributed by atoms with E-state index in [9.17, 15) is 8.78 Å². The van der Waals surface area contributed by atoms with Gasteiger partial charge in [0.1, 0.15) is 12.3 Å². The van der Waals surface area contributed by atoms with E-state index in [-0.39, 0.29) is 0 Å². The first-order valence-electron chi connectivity index (χ1n) is 4.55. The van der Waals surface area contributed by atoms with Crippen molar-refractivity contribution in [1.82, 2.24) is 0 Å². The highest BCUT2D eigenvalue weighted by molar-refractivity contribution is 8.00. The predicted molar refractivity (Wildman–Crippen MR) is 50.2 cm³/mol. The summed E-state index contributed by atoms with van der Waals surface area (Å²) in [6.45, 7) is 3.97. The van der Waals surface area contributed by atoms with Crippen molar-refractivity contribution < 1.29 is 8.78 Å². The minimum atomic E-state index is -0.929. The summed E-state index contributed by atoms with van der Waals surface area (Å²) in [6, 6.07) is 0. The van der Waals surface area contributed by atoms with Crippen LogP contribution in [0.25, 0.3) is 0 Å². The van der Waals surface area contributed by atoms with Crippen LogP contribution in [0.2, 0.25) is 0 Å². The molecule has 1 fully saturated rings. The Morgan fingerprint density at radius 3 is 2.08 bits per heavy atom. The van der Waals surface area contributed by atoms with E-state index in [0.717, 1.165) is 0 Å². The lowest BCUT2D eigenvalue weighted by Gasteiger charge is -2.29. The number of thioether (sulfide) groups is 1. The molecular weight excluding hydrogens is 178 g/mol. The average molecular weight is 194 g/mol. The van der Waals surface area contributed by atoms with Gasteiger partial charge in [0.25, 0.3) is 0 Å². The monoisotopic (exact) mass is 194 g/mol. The average Bonchev–Trinajstić information content (AvgIpc) is 1.97. The maximum Gasteiger partial charge on any atom is 0.115 e. The summed E-state index contributed by atoms with van der Waals surface area (Å²) < 4.78 is 26.4. The van der Waals surface area contributed by atoms with Crippen molar-refractivity contribution in [2.75, 3.05) is 0 Å². The van der Waals surface area contributed by atoms with Gasteiger partial charge in [0.15, 0.2) is 0 Å². The van der Waals surface area contributed by atoms with E-state index >= 15 is 0 Å². The zero-order valence-electron chi connectivity index (χ0n) is 7.59. The van der Waals surface area contributed by atoms with Crippen LogP contribution in [-0.4, -0.2) is 22.8 Å². The van der Waals surface area contributed by atoms with Crippen molar-refractivity contribution in [1.29, 1.82) is 0 Å². The SMILES string of the molecule is CC(C)SC1C(F)CCCC1F. The number of alkyl halides is 2. The lowest BCUT2D eigenvalue weighted by Crippen LogP contribution is -2.34. The van der Waals surface area contributed by atoms with Crippen LogP contribution in [0.15, 0.2) is 0 Å². The molecule has 0 aliphatic heterocycles. The Labute approximate surface area is 77.1 Å². The molecule has 2 unspecified atom stereocenters. The molecule has 0 spiro atoms. The minimum absolute atomic E-state index is 0.324. The summed E-state index contributed by atoms with van der Waals surface area (Å²) >= 11 is 1.44. The molecule has 72 valence electrons. The van der Waals surface area contributed by atoms with Crippen LogP contribution >= 0.6 is 11.8 Å². The second kappa shape index (κ2) is 4.45. The number of rotatable bonds is 2. The highest BCUT2D eigenvalue weighted by Gasteiger charge is 2.34. The Morgan fingerprint density at radius 1 is 1.17 bits per heavy atom. The molecule has 0 aromatic carbocycles. The van der Waals surface area contributed by atoms with E-state index < -0.39 is 17.6 Å².